The van der Waals surface area contributed by atoms with Crippen LogP contribution in [0.25, 0.3) is 0 Å². The molecule has 0 saturated carbocycles. The number of nitrogens with zero attached hydrogens (tertiary/aromatic N) is 3. The number of amides is 1. The average molecular weight is 329 g/mol. The molecule has 2 aliphatic rings. The first-order valence-electron chi connectivity index (χ1n) is 8.46. The Bertz CT molecular complexity index is 591. The van der Waals surface area contributed by atoms with Gasteiger partial charge < -0.3 is 14.4 Å². The van der Waals surface area contributed by atoms with E-state index in [1.54, 1.807) is 0 Å². The lowest BCUT2D eigenvalue weighted by Crippen LogP contribution is -2.46. The molecule has 3 rings (SSSR count). The van der Waals surface area contributed by atoms with E-state index in [1.165, 1.54) is 5.56 Å². The first kappa shape index (κ1) is 16.9. The Balaban J connectivity index is 1.52. The van der Waals surface area contributed by atoms with Crippen LogP contribution in [0.2, 0.25) is 0 Å². The fourth-order valence-corrected chi connectivity index (χ4v) is 3.13. The van der Waals surface area contributed by atoms with E-state index in [2.05, 4.69) is 11.0 Å². The van der Waals surface area contributed by atoms with Crippen LogP contribution < -0.4 is 0 Å². The summed E-state index contributed by atoms with van der Waals surface area (Å²) >= 11 is 0. The molecule has 6 heteroatoms. The van der Waals surface area contributed by atoms with Gasteiger partial charge in [-0.15, -0.1) is 0 Å². The Morgan fingerprint density at radius 3 is 2.71 bits per heavy atom. The highest BCUT2D eigenvalue weighted by Gasteiger charge is 2.28. The van der Waals surface area contributed by atoms with Crippen LogP contribution in [0.5, 0.6) is 0 Å². The van der Waals surface area contributed by atoms with Crippen molar-refractivity contribution in [3.63, 3.8) is 0 Å². The second-order valence-electron chi connectivity index (χ2n) is 6.20. The maximum Gasteiger partial charge on any atom is 0.254 e. The molecule has 1 aromatic carbocycles. The Morgan fingerprint density at radius 2 is 2.00 bits per heavy atom. The number of rotatable bonds is 3. The van der Waals surface area contributed by atoms with E-state index in [0.717, 1.165) is 39.1 Å². The van der Waals surface area contributed by atoms with E-state index in [4.69, 9.17) is 14.7 Å². The van der Waals surface area contributed by atoms with Gasteiger partial charge in [-0.05, 0) is 24.1 Å². The molecule has 128 valence electrons. The van der Waals surface area contributed by atoms with E-state index < -0.39 is 6.10 Å². The first-order valence-corrected chi connectivity index (χ1v) is 8.46. The van der Waals surface area contributed by atoms with E-state index in [9.17, 15) is 4.79 Å². The van der Waals surface area contributed by atoms with Crippen LogP contribution in [0.4, 0.5) is 0 Å². The molecule has 2 aliphatic heterocycles. The topological polar surface area (TPSA) is 65.8 Å². The molecule has 1 unspecified atom stereocenters. The fraction of sp³-hybridized carbons (Fsp3) is 0.556. The first-order chi connectivity index (χ1) is 11.8. The molecule has 1 atom stereocenters. The zero-order valence-corrected chi connectivity index (χ0v) is 13.8. The van der Waals surface area contributed by atoms with Gasteiger partial charge in [0.1, 0.15) is 0 Å². The molecule has 2 saturated heterocycles. The molecular formula is C18H23N3O3. The van der Waals surface area contributed by atoms with Crippen molar-refractivity contribution in [2.24, 2.45) is 0 Å². The highest BCUT2D eigenvalue weighted by Crippen LogP contribution is 2.12. The van der Waals surface area contributed by atoms with Gasteiger partial charge in [-0.2, -0.15) is 5.26 Å². The van der Waals surface area contributed by atoms with Crippen LogP contribution in [0.15, 0.2) is 24.3 Å². The summed E-state index contributed by atoms with van der Waals surface area (Å²) in [5.41, 5.74) is 1.87. The Kier molecular flexibility index (Phi) is 5.81. The van der Waals surface area contributed by atoms with Gasteiger partial charge in [-0.25, -0.2) is 0 Å². The van der Waals surface area contributed by atoms with Gasteiger partial charge in [0, 0.05) is 32.7 Å². The normalized spacial score (nSPS) is 22.6. The number of ether oxygens (including phenoxy) is 2. The molecular weight excluding hydrogens is 306 g/mol. The van der Waals surface area contributed by atoms with Crippen LogP contribution in [0, 0.1) is 11.3 Å². The van der Waals surface area contributed by atoms with Gasteiger partial charge in [0.05, 0.1) is 31.5 Å². The third kappa shape index (κ3) is 4.32. The SMILES string of the molecule is N#Cc1ccc(CN2CCCN(C(=O)C3COCCO3)CC2)cc1. The lowest BCUT2D eigenvalue weighted by Gasteiger charge is -2.28. The van der Waals surface area contributed by atoms with Crippen LogP contribution >= 0.6 is 0 Å². The van der Waals surface area contributed by atoms with Crippen LogP contribution in [-0.2, 0) is 20.8 Å². The molecule has 0 spiro atoms. The molecule has 0 N–H and O–H groups in total. The zero-order chi connectivity index (χ0) is 16.8. The second kappa shape index (κ2) is 8.25. The lowest BCUT2D eigenvalue weighted by molar-refractivity contribution is -0.157. The van der Waals surface area contributed by atoms with Crippen molar-refractivity contribution in [2.75, 3.05) is 46.0 Å². The van der Waals surface area contributed by atoms with Crippen molar-refractivity contribution in [3.8, 4) is 6.07 Å². The minimum Gasteiger partial charge on any atom is -0.376 e. The van der Waals surface area contributed by atoms with Crippen LogP contribution in [0.1, 0.15) is 17.5 Å². The minimum absolute atomic E-state index is 0.0509. The summed E-state index contributed by atoms with van der Waals surface area (Å²) < 4.78 is 10.9. The summed E-state index contributed by atoms with van der Waals surface area (Å²) in [7, 11) is 0. The number of hydrogen-bond donors (Lipinski definition) is 0. The van der Waals surface area contributed by atoms with Crippen molar-refractivity contribution >= 4 is 5.91 Å². The molecule has 24 heavy (non-hydrogen) atoms. The Morgan fingerprint density at radius 1 is 1.17 bits per heavy atom. The van der Waals surface area contributed by atoms with Crippen LogP contribution in [0.3, 0.4) is 0 Å². The molecule has 6 nitrogen and oxygen atoms in total. The van der Waals surface area contributed by atoms with E-state index in [-0.39, 0.29) is 5.91 Å². The quantitative estimate of drug-likeness (QED) is 0.828. The molecule has 0 aromatic heterocycles. The summed E-state index contributed by atoms with van der Waals surface area (Å²) in [6, 6.07) is 9.84. The highest BCUT2D eigenvalue weighted by molar-refractivity contribution is 5.81. The largest absolute Gasteiger partial charge is 0.376 e. The van der Waals surface area contributed by atoms with E-state index in [0.29, 0.717) is 25.4 Å². The van der Waals surface area contributed by atoms with Crippen molar-refractivity contribution in [3.05, 3.63) is 35.4 Å². The summed E-state index contributed by atoms with van der Waals surface area (Å²) in [4.78, 5) is 16.8. The molecule has 1 amide bonds. The smallest absolute Gasteiger partial charge is 0.254 e. The summed E-state index contributed by atoms with van der Waals surface area (Å²) in [5, 5.41) is 8.86. The predicted molar refractivity (Wildman–Crippen MR) is 88.2 cm³/mol. The van der Waals surface area contributed by atoms with Crippen molar-refractivity contribution in [1.82, 2.24) is 9.80 Å². The van der Waals surface area contributed by atoms with Crippen molar-refractivity contribution in [2.45, 2.75) is 19.1 Å². The maximum atomic E-state index is 12.5. The fourth-order valence-electron chi connectivity index (χ4n) is 3.13. The highest BCUT2D eigenvalue weighted by atomic mass is 16.6. The number of hydrogen-bond acceptors (Lipinski definition) is 5. The number of nitriles is 1. The van der Waals surface area contributed by atoms with Crippen molar-refractivity contribution < 1.29 is 14.3 Å². The van der Waals surface area contributed by atoms with Gasteiger partial charge in [0.25, 0.3) is 5.91 Å². The second-order valence-corrected chi connectivity index (χ2v) is 6.20. The summed E-state index contributed by atoms with van der Waals surface area (Å²) in [5.74, 6) is 0.0509. The molecule has 0 radical (unpaired) electrons. The minimum atomic E-state index is -0.441. The molecule has 0 bridgehead atoms. The Hall–Kier alpha value is -1.94. The summed E-state index contributed by atoms with van der Waals surface area (Å²) in [6.07, 6.45) is 0.513. The standard InChI is InChI=1S/C18H23N3O3/c19-12-15-2-4-16(5-3-15)13-20-6-1-7-21(9-8-20)18(22)17-14-23-10-11-24-17/h2-5,17H,1,6-11,13-14H2. The third-order valence-electron chi connectivity index (χ3n) is 4.48. The van der Waals surface area contributed by atoms with Gasteiger partial charge >= 0.3 is 0 Å². The predicted octanol–water partition coefficient (Wildman–Crippen LogP) is 1.01. The number of carbonyl (C=O) groups is 1. The Labute approximate surface area is 142 Å². The maximum absolute atomic E-state index is 12.5. The van der Waals surface area contributed by atoms with Crippen LogP contribution in [-0.4, -0.2) is 67.8 Å². The average Bonchev–Trinajstić information content (AvgIpc) is 2.88. The van der Waals surface area contributed by atoms with E-state index >= 15 is 0 Å². The van der Waals surface area contributed by atoms with Crippen molar-refractivity contribution in [1.29, 1.82) is 5.26 Å². The lowest BCUT2D eigenvalue weighted by atomic mass is 10.1. The number of benzene rings is 1. The molecule has 2 heterocycles. The molecule has 2 fully saturated rings. The monoisotopic (exact) mass is 329 g/mol. The molecule has 0 aliphatic carbocycles. The van der Waals surface area contributed by atoms with Gasteiger partial charge in [-0.3, -0.25) is 9.69 Å². The van der Waals surface area contributed by atoms with Gasteiger partial charge in [-0.1, -0.05) is 12.1 Å². The number of carbonyl (C=O) groups excluding carboxylic acids is 1. The van der Waals surface area contributed by atoms with E-state index in [1.807, 2.05) is 29.2 Å². The van der Waals surface area contributed by atoms with Gasteiger partial charge in [0.15, 0.2) is 6.10 Å². The van der Waals surface area contributed by atoms with Gasteiger partial charge in [0.2, 0.25) is 0 Å². The third-order valence-corrected chi connectivity index (χ3v) is 4.48. The summed E-state index contributed by atoms with van der Waals surface area (Å²) in [6.45, 7) is 5.57. The molecule has 1 aromatic rings. The zero-order valence-electron chi connectivity index (χ0n) is 13.8.